The van der Waals surface area contributed by atoms with Crippen LogP contribution in [-0.2, 0) is 0 Å². The molecule has 90 valence electrons. The molecule has 0 rings (SSSR count). The Hall–Kier alpha value is -0.590. The molecule has 0 aromatic rings. The average Bonchev–Trinajstić information content (AvgIpc) is 2.14. The predicted octanol–water partition coefficient (Wildman–Crippen LogP) is 1.47. The number of guanidine groups is 1. The molecule has 0 saturated carbocycles. The summed E-state index contributed by atoms with van der Waals surface area (Å²) >= 11 is 1.66. The van der Waals surface area contributed by atoms with Crippen LogP contribution in [0.3, 0.4) is 0 Å². The third-order valence-electron chi connectivity index (χ3n) is 1.52. The van der Waals surface area contributed by atoms with Crippen molar-refractivity contribution in [1.82, 2.24) is 10.6 Å². The highest BCUT2D eigenvalue weighted by molar-refractivity contribution is 7.98. The summed E-state index contributed by atoms with van der Waals surface area (Å²) in [4.78, 5) is 3.80. The van der Waals surface area contributed by atoms with Crippen LogP contribution in [-0.4, -0.2) is 44.3 Å². The van der Waals surface area contributed by atoms with Crippen molar-refractivity contribution < 1.29 is 13.2 Å². The minimum atomic E-state index is -4.12. The van der Waals surface area contributed by atoms with Gasteiger partial charge in [-0.3, -0.25) is 4.99 Å². The topological polar surface area (TPSA) is 36.4 Å². The standard InChI is InChI=1S/C8H16F3N3S/c1-12-7(14-5-6-15-2)13-4-3-8(9,10)11/h3-6H2,1-2H3,(H2,12,13,14). The van der Waals surface area contributed by atoms with Gasteiger partial charge in [0.25, 0.3) is 0 Å². The molecule has 0 unspecified atom stereocenters. The molecule has 0 aromatic heterocycles. The number of halogens is 3. The van der Waals surface area contributed by atoms with Gasteiger partial charge in [-0.25, -0.2) is 0 Å². The Morgan fingerprint density at radius 2 is 1.87 bits per heavy atom. The highest BCUT2D eigenvalue weighted by atomic mass is 32.2. The summed E-state index contributed by atoms with van der Waals surface area (Å²) in [7, 11) is 1.53. The average molecular weight is 243 g/mol. The molecule has 0 atom stereocenters. The fourth-order valence-corrected chi connectivity index (χ4v) is 1.12. The van der Waals surface area contributed by atoms with E-state index in [2.05, 4.69) is 15.6 Å². The highest BCUT2D eigenvalue weighted by Crippen LogP contribution is 2.17. The van der Waals surface area contributed by atoms with Gasteiger partial charge in [0, 0.05) is 25.9 Å². The summed E-state index contributed by atoms with van der Waals surface area (Å²) < 4.78 is 35.4. The van der Waals surface area contributed by atoms with Crippen LogP contribution in [0.2, 0.25) is 0 Å². The Labute approximate surface area is 91.9 Å². The van der Waals surface area contributed by atoms with Gasteiger partial charge >= 0.3 is 6.18 Å². The first-order valence-electron chi connectivity index (χ1n) is 4.50. The van der Waals surface area contributed by atoms with Crippen LogP contribution >= 0.6 is 11.8 Å². The SMILES string of the molecule is CN=C(NCCSC)NCCC(F)(F)F. The zero-order valence-corrected chi connectivity index (χ0v) is 9.63. The minimum absolute atomic E-state index is 0.150. The van der Waals surface area contributed by atoms with E-state index in [1.54, 1.807) is 11.8 Å². The van der Waals surface area contributed by atoms with E-state index in [9.17, 15) is 13.2 Å². The Morgan fingerprint density at radius 1 is 1.27 bits per heavy atom. The minimum Gasteiger partial charge on any atom is -0.356 e. The van der Waals surface area contributed by atoms with Crippen molar-refractivity contribution in [2.24, 2.45) is 4.99 Å². The molecule has 0 amide bonds. The third-order valence-corrected chi connectivity index (χ3v) is 2.14. The molecular weight excluding hydrogens is 227 g/mol. The quantitative estimate of drug-likeness (QED) is 0.436. The summed E-state index contributed by atoms with van der Waals surface area (Å²) in [6, 6.07) is 0. The van der Waals surface area contributed by atoms with Gasteiger partial charge in [0.15, 0.2) is 5.96 Å². The van der Waals surface area contributed by atoms with E-state index in [4.69, 9.17) is 0 Å². The molecule has 0 aromatic carbocycles. The summed E-state index contributed by atoms with van der Waals surface area (Å²) in [5.74, 6) is 1.30. The summed E-state index contributed by atoms with van der Waals surface area (Å²) in [6.45, 7) is 0.537. The molecule has 0 heterocycles. The smallest absolute Gasteiger partial charge is 0.356 e. The molecular formula is C8H16F3N3S. The van der Waals surface area contributed by atoms with Crippen molar-refractivity contribution >= 4 is 17.7 Å². The predicted molar refractivity (Wildman–Crippen MR) is 58.4 cm³/mol. The lowest BCUT2D eigenvalue weighted by molar-refractivity contribution is -0.132. The van der Waals surface area contributed by atoms with E-state index in [1.807, 2.05) is 6.26 Å². The Morgan fingerprint density at radius 3 is 2.33 bits per heavy atom. The van der Waals surface area contributed by atoms with Crippen molar-refractivity contribution in [2.75, 3.05) is 32.1 Å². The molecule has 0 aliphatic rings. The van der Waals surface area contributed by atoms with E-state index in [-0.39, 0.29) is 6.54 Å². The molecule has 0 saturated heterocycles. The van der Waals surface area contributed by atoms with Gasteiger partial charge in [-0.05, 0) is 6.26 Å². The monoisotopic (exact) mass is 243 g/mol. The number of rotatable bonds is 5. The van der Waals surface area contributed by atoms with Gasteiger partial charge in [0.1, 0.15) is 0 Å². The molecule has 2 N–H and O–H groups in total. The molecule has 0 aliphatic heterocycles. The maximum Gasteiger partial charge on any atom is 0.390 e. The van der Waals surface area contributed by atoms with Crippen LogP contribution in [0.15, 0.2) is 4.99 Å². The molecule has 3 nitrogen and oxygen atoms in total. The zero-order chi connectivity index (χ0) is 11.7. The lowest BCUT2D eigenvalue weighted by Gasteiger charge is -2.12. The number of alkyl halides is 3. The largest absolute Gasteiger partial charge is 0.390 e. The molecule has 15 heavy (non-hydrogen) atoms. The number of thioether (sulfide) groups is 1. The van der Waals surface area contributed by atoms with Crippen LogP contribution in [0.25, 0.3) is 0 Å². The lowest BCUT2D eigenvalue weighted by atomic mass is 10.4. The van der Waals surface area contributed by atoms with Gasteiger partial charge in [0.2, 0.25) is 0 Å². The van der Waals surface area contributed by atoms with Crippen LogP contribution in [0.1, 0.15) is 6.42 Å². The molecule has 0 spiro atoms. The van der Waals surface area contributed by atoms with Crippen molar-refractivity contribution in [2.45, 2.75) is 12.6 Å². The molecule has 0 fully saturated rings. The van der Waals surface area contributed by atoms with Crippen molar-refractivity contribution in [1.29, 1.82) is 0 Å². The van der Waals surface area contributed by atoms with Crippen LogP contribution in [0, 0.1) is 0 Å². The maximum atomic E-state index is 11.8. The second kappa shape index (κ2) is 7.67. The summed E-state index contributed by atoms with van der Waals surface area (Å²) in [5, 5.41) is 5.50. The molecule has 0 radical (unpaired) electrons. The summed E-state index contributed by atoms with van der Waals surface area (Å²) in [5.41, 5.74) is 0. The number of nitrogens with zero attached hydrogens (tertiary/aromatic N) is 1. The Balaban J connectivity index is 3.63. The van der Waals surface area contributed by atoms with Crippen LogP contribution in [0.5, 0.6) is 0 Å². The van der Waals surface area contributed by atoms with Crippen LogP contribution < -0.4 is 10.6 Å². The number of nitrogens with one attached hydrogen (secondary N) is 2. The highest BCUT2D eigenvalue weighted by Gasteiger charge is 2.26. The van der Waals surface area contributed by atoms with E-state index >= 15 is 0 Å². The van der Waals surface area contributed by atoms with Gasteiger partial charge in [0.05, 0.1) is 6.42 Å². The first-order valence-corrected chi connectivity index (χ1v) is 5.89. The Bertz CT molecular complexity index is 194. The normalized spacial score (nSPS) is 12.7. The molecule has 0 bridgehead atoms. The number of hydrogen-bond acceptors (Lipinski definition) is 2. The molecule has 0 aliphatic carbocycles. The van der Waals surface area contributed by atoms with Gasteiger partial charge in [-0.1, -0.05) is 0 Å². The summed E-state index contributed by atoms with van der Waals surface area (Å²) in [6.07, 6.45) is -3.01. The van der Waals surface area contributed by atoms with Gasteiger partial charge < -0.3 is 10.6 Å². The van der Waals surface area contributed by atoms with Crippen molar-refractivity contribution in [3.63, 3.8) is 0 Å². The Kier molecular flexibility index (Phi) is 7.37. The fourth-order valence-electron chi connectivity index (χ4n) is 0.815. The number of hydrogen-bond donors (Lipinski definition) is 2. The van der Waals surface area contributed by atoms with Gasteiger partial charge in [-0.15, -0.1) is 0 Å². The fraction of sp³-hybridized carbons (Fsp3) is 0.875. The van der Waals surface area contributed by atoms with E-state index < -0.39 is 12.6 Å². The maximum absolute atomic E-state index is 11.8. The number of aliphatic imine (C=N–C) groups is 1. The first-order chi connectivity index (χ1) is 6.99. The van der Waals surface area contributed by atoms with Crippen LogP contribution in [0.4, 0.5) is 13.2 Å². The van der Waals surface area contributed by atoms with Crippen molar-refractivity contribution in [3.8, 4) is 0 Å². The lowest BCUT2D eigenvalue weighted by Crippen LogP contribution is -2.39. The first kappa shape index (κ1) is 14.4. The van der Waals surface area contributed by atoms with E-state index in [1.165, 1.54) is 7.05 Å². The second-order valence-electron chi connectivity index (χ2n) is 2.78. The van der Waals surface area contributed by atoms with E-state index in [0.29, 0.717) is 12.5 Å². The second-order valence-corrected chi connectivity index (χ2v) is 3.77. The van der Waals surface area contributed by atoms with Gasteiger partial charge in [-0.2, -0.15) is 24.9 Å². The van der Waals surface area contributed by atoms with E-state index in [0.717, 1.165) is 5.75 Å². The zero-order valence-electron chi connectivity index (χ0n) is 8.82. The van der Waals surface area contributed by atoms with Crippen molar-refractivity contribution in [3.05, 3.63) is 0 Å². The third kappa shape index (κ3) is 9.71. The molecule has 7 heteroatoms.